The van der Waals surface area contributed by atoms with Crippen molar-refractivity contribution >= 4 is 17.5 Å². The Labute approximate surface area is 189 Å². The quantitative estimate of drug-likeness (QED) is 0.569. The molecule has 0 saturated carbocycles. The fourth-order valence-corrected chi connectivity index (χ4v) is 4.15. The molecule has 3 N–H and O–H groups in total. The van der Waals surface area contributed by atoms with E-state index in [4.69, 9.17) is 10.7 Å². The molecule has 1 unspecified atom stereocenters. The molecule has 1 fully saturated rings. The van der Waals surface area contributed by atoms with Crippen LogP contribution in [0.25, 0.3) is 0 Å². The van der Waals surface area contributed by atoms with Crippen LogP contribution in [0.5, 0.6) is 0 Å². The molecule has 0 aromatic carbocycles. The summed E-state index contributed by atoms with van der Waals surface area (Å²) >= 11 is 0. The Hall–Kier alpha value is -3.48. The van der Waals surface area contributed by atoms with E-state index in [0.29, 0.717) is 12.4 Å². The van der Waals surface area contributed by atoms with Crippen molar-refractivity contribution in [2.45, 2.75) is 32.1 Å². The lowest BCUT2D eigenvalue weighted by atomic mass is 9.92. The zero-order chi connectivity index (χ0) is 22.3. The maximum Gasteiger partial charge on any atom is 0.229 e. The zero-order valence-corrected chi connectivity index (χ0v) is 18.4. The predicted molar refractivity (Wildman–Crippen MR) is 127 cm³/mol. The van der Waals surface area contributed by atoms with Gasteiger partial charge in [-0.3, -0.25) is 14.8 Å². The molecule has 7 nitrogen and oxygen atoms in total. The Bertz CT molecular complexity index is 1020. The van der Waals surface area contributed by atoms with Gasteiger partial charge in [0, 0.05) is 55.9 Å². The molecular formula is C25H30N6O. The van der Waals surface area contributed by atoms with Crippen molar-refractivity contribution in [2.24, 2.45) is 11.7 Å². The summed E-state index contributed by atoms with van der Waals surface area (Å²) in [5.74, 6) is 1.31. The summed E-state index contributed by atoms with van der Waals surface area (Å²) in [6, 6.07) is 13.6. The van der Waals surface area contributed by atoms with Crippen LogP contribution in [-0.2, 0) is 11.2 Å². The number of aromatic nitrogens is 3. The van der Waals surface area contributed by atoms with Crippen molar-refractivity contribution < 1.29 is 4.79 Å². The van der Waals surface area contributed by atoms with E-state index in [1.54, 1.807) is 18.6 Å². The second-order valence-electron chi connectivity index (χ2n) is 8.40. The zero-order valence-electron chi connectivity index (χ0n) is 18.4. The Balaban J connectivity index is 1.63. The number of carbonyl (C=O) groups is 1. The Kier molecular flexibility index (Phi) is 6.94. The molecule has 0 spiro atoms. The van der Waals surface area contributed by atoms with Gasteiger partial charge in [0.2, 0.25) is 5.91 Å². The highest BCUT2D eigenvalue weighted by atomic mass is 16.1. The largest absolute Gasteiger partial charge is 0.369 e. The van der Waals surface area contributed by atoms with Gasteiger partial charge < -0.3 is 16.0 Å². The lowest BCUT2D eigenvalue weighted by Crippen LogP contribution is -2.33. The van der Waals surface area contributed by atoms with Gasteiger partial charge in [-0.1, -0.05) is 25.1 Å². The first-order valence-corrected chi connectivity index (χ1v) is 11.2. The Morgan fingerprint density at radius 1 is 1.16 bits per heavy atom. The smallest absolute Gasteiger partial charge is 0.229 e. The third kappa shape index (κ3) is 5.22. The number of nitrogens with one attached hydrogen (secondary N) is 1. The summed E-state index contributed by atoms with van der Waals surface area (Å²) in [6.07, 6.45) is 8.24. The van der Waals surface area contributed by atoms with Gasteiger partial charge in [-0.2, -0.15) is 0 Å². The molecule has 1 atom stereocenters. The number of amides is 1. The SMILES string of the molecule is CC1CCN(c2ccc(C(C(N)=O)c3cccnc3)c(NCCc3ccccn3)n2)CC1. The van der Waals surface area contributed by atoms with E-state index < -0.39 is 11.8 Å². The highest BCUT2D eigenvalue weighted by Gasteiger charge is 2.26. The van der Waals surface area contributed by atoms with Crippen molar-refractivity contribution in [2.75, 3.05) is 29.9 Å². The predicted octanol–water partition coefficient (Wildman–Crippen LogP) is 3.38. The third-order valence-corrected chi connectivity index (χ3v) is 6.03. The topological polar surface area (TPSA) is 97.0 Å². The lowest BCUT2D eigenvalue weighted by Gasteiger charge is -2.32. The fourth-order valence-electron chi connectivity index (χ4n) is 4.15. The number of nitrogens with two attached hydrogens (primary N) is 1. The molecule has 0 radical (unpaired) electrons. The number of rotatable bonds is 8. The number of piperidine rings is 1. The summed E-state index contributed by atoms with van der Waals surface area (Å²) in [4.78, 5) is 28.3. The number of nitrogens with zero attached hydrogens (tertiary/aromatic N) is 4. The van der Waals surface area contributed by atoms with E-state index >= 15 is 0 Å². The van der Waals surface area contributed by atoms with Gasteiger partial charge in [0.1, 0.15) is 11.6 Å². The van der Waals surface area contributed by atoms with E-state index in [9.17, 15) is 4.79 Å². The molecule has 166 valence electrons. The van der Waals surface area contributed by atoms with Crippen molar-refractivity contribution in [1.82, 2.24) is 15.0 Å². The van der Waals surface area contributed by atoms with Gasteiger partial charge >= 0.3 is 0 Å². The molecule has 3 aromatic heterocycles. The first kappa shape index (κ1) is 21.7. The molecule has 4 rings (SSSR count). The molecule has 1 aliphatic heterocycles. The van der Waals surface area contributed by atoms with Crippen LogP contribution >= 0.6 is 0 Å². The average molecular weight is 431 g/mol. The van der Waals surface area contributed by atoms with Crippen molar-refractivity contribution in [1.29, 1.82) is 0 Å². The molecule has 1 saturated heterocycles. The van der Waals surface area contributed by atoms with Gasteiger partial charge in [-0.05, 0) is 48.6 Å². The first-order chi connectivity index (χ1) is 15.6. The summed E-state index contributed by atoms with van der Waals surface area (Å²) in [5.41, 5.74) is 8.37. The number of anilines is 2. The summed E-state index contributed by atoms with van der Waals surface area (Å²) in [6.45, 7) is 4.92. The molecular weight excluding hydrogens is 400 g/mol. The third-order valence-electron chi connectivity index (χ3n) is 6.03. The first-order valence-electron chi connectivity index (χ1n) is 11.2. The Morgan fingerprint density at radius 2 is 2.00 bits per heavy atom. The van der Waals surface area contributed by atoms with Gasteiger partial charge in [-0.25, -0.2) is 4.98 Å². The molecule has 1 amide bonds. The molecule has 0 aliphatic carbocycles. The molecule has 32 heavy (non-hydrogen) atoms. The van der Waals surface area contributed by atoms with Crippen molar-refractivity contribution in [3.8, 4) is 0 Å². The van der Waals surface area contributed by atoms with E-state index in [2.05, 4.69) is 27.1 Å². The van der Waals surface area contributed by atoms with Crippen molar-refractivity contribution in [3.63, 3.8) is 0 Å². The average Bonchev–Trinajstić information content (AvgIpc) is 2.82. The fraction of sp³-hybridized carbons (Fsp3) is 0.360. The highest BCUT2D eigenvalue weighted by molar-refractivity contribution is 5.87. The summed E-state index contributed by atoms with van der Waals surface area (Å²) < 4.78 is 0. The molecule has 3 aromatic rings. The number of hydrogen-bond acceptors (Lipinski definition) is 6. The monoisotopic (exact) mass is 430 g/mol. The van der Waals surface area contributed by atoms with Crippen LogP contribution in [-0.4, -0.2) is 40.5 Å². The molecule has 0 bridgehead atoms. The number of primary amides is 1. The van der Waals surface area contributed by atoms with Gasteiger partial charge in [-0.15, -0.1) is 0 Å². The number of carbonyl (C=O) groups excluding carboxylic acids is 1. The maximum absolute atomic E-state index is 12.5. The van der Waals surface area contributed by atoms with Crippen LogP contribution in [0.2, 0.25) is 0 Å². The van der Waals surface area contributed by atoms with Gasteiger partial charge in [0.25, 0.3) is 0 Å². The lowest BCUT2D eigenvalue weighted by molar-refractivity contribution is -0.118. The second-order valence-corrected chi connectivity index (χ2v) is 8.40. The number of pyridine rings is 3. The van der Waals surface area contributed by atoms with E-state index in [-0.39, 0.29) is 0 Å². The van der Waals surface area contributed by atoms with Gasteiger partial charge in [0.15, 0.2) is 0 Å². The normalized spacial score (nSPS) is 15.3. The van der Waals surface area contributed by atoms with Crippen LogP contribution in [0.1, 0.15) is 42.5 Å². The minimum atomic E-state index is -0.621. The van der Waals surface area contributed by atoms with Crippen LogP contribution in [0.4, 0.5) is 11.6 Å². The second kappa shape index (κ2) is 10.2. The Morgan fingerprint density at radius 3 is 2.69 bits per heavy atom. The van der Waals surface area contributed by atoms with Crippen LogP contribution in [0.3, 0.4) is 0 Å². The molecule has 7 heteroatoms. The van der Waals surface area contributed by atoms with E-state index in [0.717, 1.165) is 60.9 Å². The van der Waals surface area contributed by atoms with Gasteiger partial charge in [0.05, 0.1) is 5.92 Å². The van der Waals surface area contributed by atoms with E-state index in [1.807, 2.05) is 42.5 Å². The minimum Gasteiger partial charge on any atom is -0.369 e. The maximum atomic E-state index is 12.5. The van der Waals surface area contributed by atoms with Crippen LogP contribution < -0.4 is 16.0 Å². The summed E-state index contributed by atoms with van der Waals surface area (Å²) in [5, 5.41) is 3.45. The molecule has 1 aliphatic rings. The minimum absolute atomic E-state index is 0.424. The van der Waals surface area contributed by atoms with E-state index in [1.165, 1.54) is 0 Å². The standard InChI is InChI=1S/C25H30N6O/c1-18-10-15-31(16-11-18)22-8-7-21(23(24(26)32)19-5-4-12-27-17-19)25(30-22)29-14-9-20-6-2-3-13-28-20/h2-8,12-13,17-18,23H,9-11,14-16H2,1H3,(H2,26,32)(H,29,30). The summed E-state index contributed by atoms with van der Waals surface area (Å²) in [7, 11) is 0. The van der Waals surface area contributed by atoms with Crippen LogP contribution in [0.15, 0.2) is 61.1 Å². The molecule has 4 heterocycles. The van der Waals surface area contributed by atoms with Crippen molar-refractivity contribution in [3.05, 3.63) is 77.9 Å². The highest BCUT2D eigenvalue weighted by Crippen LogP contribution is 2.32. The number of hydrogen-bond donors (Lipinski definition) is 2. The van der Waals surface area contributed by atoms with Crippen LogP contribution in [0, 0.1) is 5.92 Å².